The number of hydrogen-bond acceptors (Lipinski definition) is 2. The van der Waals surface area contributed by atoms with Crippen molar-refractivity contribution in [3.05, 3.63) is 0 Å². The molecule has 0 aliphatic heterocycles. The van der Waals surface area contributed by atoms with E-state index in [1.54, 1.807) is 0 Å². The minimum absolute atomic E-state index is 0.0175. The number of ether oxygens (including phenoxy) is 1. The predicted octanol–water partition coefficient (Wildman–Crippen LogP) is 5.35. The van der Waals surface area contributed by atoms with Crippen LogP contribution in [0.1, 0.15) is 86.5 Å². The Morgan fingerprint density at radius 1 is 1.11 bits per heavy atom. The van der Waals surface area contributed by atoms with Crippen LogP contribution < -0.4 is 0 Å². The monoisotopic (exact) mass is 270 g/mol. The molecule has 0 aromatic carbocycles. The summed E-state index contributed by atoms with van der Waals surface area (Å²) in [5.74, 6) is 0.451. The number of carbonyl (C=O) groups excluding carboxylic acids is 1. The van der Waals surface area contributed by atoms with E-state index in [2.05, 4.69) is 27.7 Å². The molecule has 0 heterocycles. The van der Waals surface area contributed by atoms with Gasteiger partial charge in [-0.1, -0.05) is 53.4 Å². The molecular weight excluding hydrogens is 236 g/mol. The molecule has 114 valence electrons. The summed E-state index contributed by atoms with van der Waals surface area (Å²) in [5, 5.41) is 0. The fourth-order valence-electron chi connectivity index (χ4n) is 2.33. The molecule has 0 N–H and O–H groups in total. The van der Waals surface area contributed by atoms with Gasteiger partial charge in [-0.2, -0.15) is 0 Å². The fraction of sp³-hybridized carbons (Fsp3) is 0.941. The van der Waals surface area contributed by atoms with Gasteiger partial charge in [0.05, 0.1) is 5.41 Å². The lowest BCUT2D eigenvalue weighted by atomic mass is 9.87. The van der Waals surface area contributed by atoms with E-state index in [9.17, 15) is 4.79 Å². The highest BCUT2D eigenvalue weighted by atomic mass is 16.5. The summed E-state index contributed by atoms with van der Waals surface area (Å²) >= 11 is 0. The summed E-state index contributed by atoms with van der Waals surface area (Å²) in [7, 11) is 0. The number of unbranched alkanes of at least 4 members (excludes halogenated alkanes) is 2. The van der Waals surface area contributed by atoms with Gasteiger partial charge in [-0.3, -0.25) is 4.79 Å². The zero-order chi connectivity index (χ0) is 14.9. The SMILES string of the molecule is CCCCC(C)C(CC)OC(=O)C(C)(C)CCCC. The molecule has 0 rings (SSSR count). The predicted molar refractivity (Wildman–Crippen MR) is 82.2 cm³/mol. The Labute approximate surface area is 120 Å². The summed E-state index contributed by atoms with van der Waals surface area (Å²) in [6, 6.07) is 0. The third kappa shape index (κ3) is 6.98. The normalized spacial score (nSPS) is 15.1. The van der Waals surface area contributed by atoms with Crippen molar-refractivity contribution < 1.29 is 9.53 Å². The van der Waals surface area contributed by atoms with E-state index in [1.165, 1.54) is 12.8 Å². The Bertz CT molecular complexity index is 246. The highest BCUT2D eigenvalue weighted by molar-refractivity contribution is 5.76. The molecule has 2 atom stereocenters. The van der Waals surface area contributed by atoms with E-state index in [0.29, 0.717) is 5.92 Å². The summed E-state index contributed by atoms with van der Waals surface area (Å²) in [4.78, 5) is 12.3. The van der Waals surface area contributed by atoms with Crippen LogP contribution in [0, 0.1) is 11.3 Å². The highest BCUT2D eigenvalue weighted by Crippen LogP contribution is 2.28. The lowest BCUT2D eigenvalue weighted by Gasteiger charge is -2.29. The van der Waals surface area contributed by atoms with E-state index in [4.69, 9.17) is 4.74 Å². The maximum Gasteiger partial charge on any atom is 0.311 e. The van der Waals surface area contributed by atoms with Crippen LogP contribution in [0.3, 0.4) is 0 Å². The molecular formula is C17H34O2. The van der Waals surface area contributed by atoms with Crippen LogP contribution in [0.15, 0.2) is 0 Å². The highest BCUT2D eigenvalue weighted by Gasteiger charge is 2.31. The van der Waals surface area contributed by atoms with Gasteiger partial charge in [-0.25, -0.2) is 0 Å². The van der Waals surface area contributed by atoms with E-state index in [0.717, 1.165) is 32.1 Å². The van der Waals surface area contributed by atoms with E-state index in [1.807, 2.05) is 13.8 Å². The van der Waals surface area contributed by atoms with Crippen LogP contribution in [0.4, 0.5) is 0 Å². The van der Waals surface area contributed by atoms with Crippen LogP contribution in [0.25, 0.3) is 0 Å². The second kappa shape index (κ2) is 9.39. The molecule has 0 saturated heterocycles. The summed E-state index contributed by atoms with van der Waals surface area (Å²) in [6.45, 7) is 12.7. The molecule has 0 aromatic heterocycles. The molecule has 2 unspecified atom stereocenters. The first-order chi connectivity index (χ1) is 8.88. The quantitative estimate of drug-likeness (QED) is 0.500. The molecule has 0 radical (unpaired) electrons. The fourth-order valence-corrected chi connectivity index (χ4v) is 2.33. The largest absolute Gasteiger partial charge is 0.462 e. The minimum atomic E-state index is -0.339. The van der Waals surface area contributed by atoms with Gasteiger partial charge < -0.3 is 4.74 Å². The Morgan fingerprint density at radius 3 is 2.16 bits per heavy atom. The summed E-state index contributed by atoms with van der Waals surface area (Å²) in [6.07, 6.45) is 7.70. The van der Waals surface area contributed by atoms with Gasteiger partial charge in [0.2, 0.25) is 0 Å². The third-order valence-electron chi connectivity index (χ3n) is 4.02. The maximum absolute atomic E-state index is 12.3. The van der Waals surface area contributed by atoms with E-state index in [-0.39, 0.29) is 17.5 Å². The maximum atomic E-state index is 12.3. The Morgan fingerprint density at radius 2 is 1.68 bits per heavy atom. The van der Waals surface area contributed by atoms with Gasteiger partial charge >= 0.3 is 5.97 Å². The average Bonchev–Trinajstić information content (AvgIpc) is 2.39. The molecule has 2 heteroatoms. The topological polar surface area (TPSA) is 26.3 Å². The second-order valence-electron chi connectivity index (χ2n) is 6.46. The summed E-state index contributed by atoms with van der Waals surface area (Å²) in [5.41, 5.74) is -0.339. The van der Waals surface area contributed by atoms with Crippen LogP contribution in [-0.4, -0.2) is 12.1 Å². The van der Waals surface area contributed by atoms with Crippen LogP contribution in [0.2, 0.25) is 0 Å². The van der Waals surface area contributed by atoms with Gasteiger partial charge in [0.15, 0.2) is 0 Å². The van der Waals surface area contributed by atoms with Crippen molar-refractivity contribution in [1.29, 1.82) is 0 Å². The van der Waals surface area contributed by atoms with Crippen LogP contribution in [-0.2, 0) is 9.53 Å². The van der Waals surface area contributed by atoms with Crippen molar-refractivity contribution in [2.75, 3.05) is 0 Å². The molecule has 0 aromatic rings. The smallest absolute Gasteiger partial charge is 0.311 e. The molecule has 0 aliphatic carbocycles. The van der Waals surface area contributed by atoms with Gasteiger partial charge in [0, 0.05) is 0 Å². The molecule has 0 spiro atoms. The van der Waals surface area contributed by atoms with Crippen LogP contribution in [0.5, 0.6) is 0 Å². The van der Waals surface area contributed by atoms with Crippen molar-refractivity contribution in [2.24, 2.45) is 11.3 Å². The van der Waals surface area contributed by atoms with E-state index < -0.39 is 0 Å². The first-order valence-corrected chi connectivity index (χ1v) is 8.10. The number of esters is 1. The summed E-state index contributed by atoms with van der Waals surface area (Å²) < 4.78 is 5.78. The van der Waals surface area contributed by atoms with Gasteiger partial charge in [-0.05, 0) is 39.0 Å². The first kappa shape index (κ1) is 18.5. The van der Waals surface area contributed by atoms with Crippen molar-refractivity contribution in [3.8, 4) is 0 Å². The van der Waals surface area contributed by atoms with Crippen molar-refractivity contribution >= 4 is 5.97 Å². The zero-order valence-electron chi connectivity index (χ0n) is 13.9. The lowest BCUT2D eigenvalue weighted by molar-refractivity contribution is -0.163. The average molecular weight is 270 g/mol. The molecule has 2 nitrogen and oxygen atoms in total. The van der Waals surface area contributed by atoms with Gasteiger partial charge in [-0.15, -0.1) is 0 Å². The molecule has 0 fully saturated rings. The van der Waals surface area contributed by atoms with Crippen molar-refractivity contribution in [3.63, 3.8) is 0 Å². The molecule has 0 aliphatic rings. The van der Waals surface area contributed by atoms with Crippen molar-refractivity contribution in [1.82, 2.24) is 0 Å². The standard InChI is InChI=1S/C17H34O2/c1-7-10-12-14(4)15(9-3)19-16(18)17(5,6)13-11-8-2/h14-15H,7-13H2,1-6H3. The first-order valence-electron chi connectivity index (χ1n) is 8.10. The Balaban J connectivity index is 4.39. The van der Waals surface area contributed by atoms with Gasteiger partial charge in [0.25, 0.3) is 0 Å². The molecule has 0 saturated carbocycles. The van der Waals surface area contributed by atoms with Gasteiger partial charge in [0.1, 0.15) is 6.10 Å². The minimum Gasteiger partial charge on any atom is -0.462 e. The number of rotatable bonds is 10. The molecule has 0 bridgehead atoms. The Kier molecular flexibility index (Phi) is 9.12. The zero-order valence-corrected chi connectivity index (χ0v) is 13.9. The molecule has 19 heavy (non-hydrogen) atoms. The lowest BCUT2D eigenvalue weighted by Crippen LogP contribution is -2.33. The number of carbonyl (C=O) groups is 1. The van der Waals surface area contributed by atoms with Crippen LogP contribution >= 0.6 is 0 Å². The second-order valence-corrected chi connectivity index (χ2v) is 6.46. The molecule has 0 amide bonds. The van der Waals surface area contributed by atoms with E-state index >= 15 is 0 Å². The Hall–Kier alpha value is -0.530. The number of hydrogen-bond donors (Lipinski definition) is 0. The third-order valence-corrected chi connectivity index (χ3v) is 4.02. The van der Waals surface area contributed by atoms with Crippen molar-refractivity contribution in [2.45, 2.75) is 92.6 Å².